The molecular weight excluding hydrogens is 699 g/mol. The zero-order valence-corrected chi connectivity index (χ0v) is 32.7. The van der Waals surface area contributed by atoms with E-state index in [-0.39, 0.29) is 12.1 Å². The first-order valence-electron chi connectivity index (χ1n) is 20.3. The maximum atomic E-state index is 2.52. The van der Waals surface area contributed by atoms with Crippen LogP contribution in [0, 0.1) is 0 Å². The van der Waals surface area contributed by atoms with E-state index >= 15 is 0 Å². The monoisotopic (exact) mass is 740 g/mol. The molecule has 1 aliphatic heterocycles. The van der Waals surface area contributed by atoms with Gasteiger partial charge in [-0.1, -0.05) is 188 Å². The zero-order chi connectivity index (χ0) is 38.8. The molecule has 10 aromatic carbocycles. The Hall–Kier alpha value is -7.10. The fourth-order valence-corrected chi connectivity index (χ4v) is 9.93. The predicted octanol–water partition coefficient (Wildman–Crippen LogP) is 12.7. The molecule has 1 aliphatic rings. The largest absolute Gasteiger partial charge is 0.310 e. The van der Waals surface area contributed by atoms with Crippen molar-refractivity contribution in [3.05, 3.63) is 223 Å². The fourth-order valence-electron chi connectivity index (χ4n) is 9.93. The second-order valence-electron chi connectivity index (χ2n) is 16.1. The summed E-state index contributed by atoms with van der Waals surface area (Å²) in [6.07, 6.45) is 0. The van der Waals surface area contributed by atoms with Crippen LogP contribution in [0.3, 0.4) is 0 Å². The van der Waals surface area contributed by atoms with Crippen LogP contribution in [-0.4, -0.2) is 6.71 Å². The van der Waals surface area contributed by atoms with Crippen LogP contribution >= 0.6 is 0 Å². The van der Waals surface area contributed by atoms with E-state index in [1.807, 2.05) is 0 Å². The molecule has 0 N–H and O–H groups in total. The van der Waals surface area contributed by atoms with Gasteiger partial charge in [0.05, 0.1) is 11.4 Å². The summed E-state index contributed by atoms with van der Waals surface area (Å²) in [5.74, 6) is 0. The Labute approximate surface area is 340 Å². The quantitative estimate of drug-likeness (QED) is 0.119. The highest BCUT2D eigenvalue weighted by molar-refractivity contribution is 6.98. The topological polar surface area (TPSA) is 6.48 Å². The SMILES string of the molecule is CC1(C)c2ccccc2B(c2ccccc2)c2c1cc1ccc3c(N(c4ccccc4)c4ccccc4)cc(N(c4ccccc4)c4ccccc4)c4ccc2c1c34. The minimum absolute atomic E-state index is 0.0965. The highest BCUT2D eigenvalue weighted by Gasteiger charge is 2.41. The van der Waals surface area contributed by atoms with E-state index in [0.717, 1.165) is 34.1 Å². The van der Waals surface area contributed by atoms with Crippen LogP contribution in [0.15, 0.2) is 212 Å². The molecule has 58 heavy (non-hydrogen) atoms. The smallest absolute Gasteiger partial charge is 0.242 e. The second-order valence-corrected chi connectivity index (χ2v) is 16.1. The van der Waals surface area contributed by atoms with Crippen LogP contribution in [0.2, 0.25) is 0 Å². The normalized spacial score (nSPS) is 13.1. The molecule has 3 heteroatoms. The minimum atomic E-state index is -0.188. The van der Waals surface area contributed by atoms with Gasteiger partial charge in [-0.05, 0) is 81.9 Å². The van der Waals surface area contributed by atoms with E-state index in [9.17, 15) is 0 Å². The second kappa shape index (κ2) is 13.5. The Balaban J connectivity index is 1.31. The van der Waals surface area contributed by atoms with E-state index < -0.39 is 0 Å². The number of rotatable bonds is 7. The van der Waals surface area contributed by atoms with Crippen LogP contribution in [0.25, 0.3) is 32.3 Å². The van der Waals surface area contributed by atoms with Gasteiger partial charge in [0.25, 0.3) is 0 Å². The van der Waals surface area contributed by atoms with Gasteiger partial charge >= 0.3 is 0 Å². The Morgan fingerprint density at radius 2 is 0.810 bits per heavy atom. The van der Waals surface area contributed by atoms with E-state index in [1.165, 1.54) is 59.8 Å². The summed E-state index contributed by atoms with van der Waals surface area (Å²) in [7, 11) is 0. The lowest BCUT2D eigenvalue weighted by Crippen LogP contribution is -2.60. The van der Waals surface area contributed by atoms with Crippen molar-refractivity contribution in [2.45, 2.75) is 19.3 Å². The molecule has 0 saturated carbocycles. The number of anilines is 6. The molecule has 0 aromatic heterocycles. The molecule has 1 heterocycles. The molecule has 0 amide bonds. The van der Waals surface area contributed by atoms with Crippen molar-refractivity contribution >= 4 is 89.5 Å². The number of nitrogens with zero attached hydrogens (tertiary/aromatic N) is 2. The van der Waals surface area contributed by atoms with Gasteiger partial charge in [0.2, 0.25) is 6.71 Å². The summed E-state index contributed by atoms with van der Waals surface area (Å²) in [6, 6.07) is 78.1. The molecule has 0 unspecified atom stereocenters. The first-order chi connectivity index (χ1) is 28.6. The van der Waals surface area contributed by atoms with Gasteiger partial charge in [-0.2, -0.15) is 0 Å². The predicted molar refractivity (Wildman–Crippen MR) is 249 cm³/mol. The van der Waals surface area contributed by atoms with Crippen LogP contribution in [-0.2, 0) is 5.41 Å². The van der Waals surface area contributed by atoms with Crippen molar-refractivity contribution in [3.8, 4) is 0 Å². The van der Waals surface area contributed by atoms with Crippen molar-refractivity contribution in [2.24, 2.45) is 0 Å². The molecule has 10 aromatic rings. The van der Waals surface area contributed by atoms with Crippen LogP contribution in [0.5, 0.6) is 0 Å². The summed E-state index contributed by atoms with van der Waals surface area (Å²) in [6.45, 7) is 4.92. The number of fused-ring (bicyclic) bond motifs is 3. The lowest BCUT2D eigenvalue weighted by molar-refractivity contribution is 0.647. The molecular formula is C55H41BN2. The van der Waals surface area contributed by atoms with Gasteiger partial charge in [0, 0.05) is 44.3 Å². The maximum Gasteiger partial charge on any atom is 0.242 e. The van der Waals surface area contributed by atoms with Crippen molar-refractivity contribution in [1.82, 2.24) is 0 Å². The molecule has 2 nitrogen and oxygen atoms in total. The molecule has 0 fully saturated rings. The third-order valence-electron chi connectivity index (χ3n) is 12.5. The van der Waals surface area contributed by atoms with Crippen molar-refractivity contribution < 1.29 is 0 Å². The minimum Gasteiger partial charge on any atom is -0.310 e. The van der Waals surface area contributed by atoms with Crippen LogP contribution in [0.1, 0.15) is 25.0 Å². The van der Waals surface area contributed by atoms with Gasteiger partial charge in [-0.3, -0.25) is 0 Å². The molecule has 11 rings (SSSR count). The average molecular weight is 741 g/mol. The molecule has 274 valence electrons. The first kappa shape index (κ1) is 34.2. The molecule has 0 bridgehead atoms. The molecule has 0 radical (unpaired) electrons. The summed E-state index contributed by atoms with van der Waals surface area (Å²) in [5.41, 5.74) is 13.4. The van der Waals surface area contributed by atoms with Gasteiger partial charge < -0.3 is 9.80 Å². The lowest BCUT2D eigenvalue weighted by Gasteiger charge is -2.40. The Bertz CT molecular complexity index is 2890. The van der Waals surface area contributed by atoms with E-state index in [4.69, 9.17) is 0 Å². The highest BCUT2D eigenvalue weighted by Crippen LogP contribution is 2.50. The molecule has 0 aliphatic carbocycles. The summed E-state index contributed by atoms with van der Waals surface area (Å²) >= 11 is 0. The van der Waals surface area contributed by atoms with Gasteiger partial charge in [0.1, 0.15) is 0 Å². The zero-order valence-electron chi connectivity index (χ0n) is 32.7. The lowest BCUT2D eigenvalue weighted by atomic mass is 9.31. The van der Waals surface area contributed by atoms with Gasteiger partial charge in [-0.15, -0.1) is 0 Å². The summed E-state index contributed by atoms with van der Waals surface area (Å²) in [4.78, 5) is 4.87. The Kier molecular flexibility index (Phi) is 7.98. The van der Waals surface area contributed by atoms with Crippen LogP contribution < -0.4 is 26.2 Å². The molecule has 0 spiro atoms. The molecule has 0 saturated heterocycles. The van der Waals surface area contributed by atoms with E-state index in [1.54, 1.807) is 0 Å². The Morgan fingerprint density at radius 1 is 0.379 bits per heavy atom. The van der Waals surface area contributed by atoms with Crippen molar-refractivity contribution in [2.75, 3.05) is 9.80 Å². The maximum absolute atomic E-state index is 2.52. The van der Waals surface area contributed by atoms with Gasteiger partial charge in [-0.25, -0.2) is 0 Å². The summed E-state index contributed by atoms with van der Waals surface area (Å²) in [5, 5.41) is 7.63. The van der Waals surface area contributed by atoms with Gasteiger partial charge in [0.15, 0.2) is 0 Å². The number of hydrogen-bond acceptors (Lipinski definition) is 2. The van der Waals surface area contributed by atoms with Crippen LogP contribution in [0.4, 0.5) is 34.1 Å². The average Bonchev–Trinajstić information content (AvgIpc) is 3.28. The van der Waals surface area contributed by atoms with Crippen molar-refractivity contribution in [3.63, 3.8) is 0 Å². The van der Waals surface area contributed by atoms with Crippen molar-refractivity contribution in [1.29, 1.82) is 0 Å². The number of hydrogen-bond donors (Lipinski definition) is 0. The summed E-state index contributed by atoms with van der Waals surface area (Å²) < 4.78 is 0. The first-order valence-corrected chi connectivity index (χ1v) is 20.3. The third-order valence-corrected chi connectivity index (χ3v) is 12.5. The highest BCUT2D eigenvalue weighted by atomic mass is 15.2. The number of benzene rings is 10. The number of para-hydroxylation sites is 4. The standard InChI is InChI=1S/C55H41BN2/c1-55(2)47-30-18-19-31-49(47)56(39-20-8-3-9-21-39)54-46-35-34-45-51(58(42-26-14-6-15-27-42)43-28-16-7-17-29-43)37-50(44-33-32-38(36-48(54)55)52(46)53(44)45)57(40-22-10-4-11-23-40)41-24-12-5-13-25-41/h3-37H,1-2H3. The van der Waals surface area contributed by atoms with E-state index in [2.05, 4.69) is 236 Å². The fraction of sp³-hybridized carbons (Fsp3) is 0.0545. The third kappa shape index (κ3) is 5.27. The Morgan fingerprint density at radius 3 is 1.33 bits per heavy atom. The molecule has 0 atom stereocenters. The van der Waals surface area contributed by atoms with E-state index in [0.29, 0.717) is 0 Å².